The van der Waals surface area contributed by atoms with Gasteiger partial charge in [0.1, 0.15) is 17.1 Å². The Balaban J connectivity index is 1.72. The number of hydrogen-bond acceptors (Lipinski definition) is 4. The zero-order valence-electron chi connectivity index (χ0n) is 14.8. The van der Waals surface area contributed by atoms with Crippen LogP contribution in [-0.2, 0) is 11.3 Å². The first-order valence-corrected chi connectivity index (χ1v) is 8.59. The Bertz CT molecular complexity index is 1100. The lowest BCUT2D eigenvalue weighted by molar-refractivity contribution is -0.119. The highest BCUT2D eigenvalue weighted by molar-refractivity contribution is 5.80. The third kappa shape index (κ3) is 3.39. The summed E-state index contributed by atoms with van der Waals surface area (Å²) in [6, 6.07) is 17.5. The summed E-state index contributed by atoms with van der Waals surface area (Å²) in [7, 11) is 0. The van der Waals surface area contributed by atoms with Gasteiger partial charge in [-0.3, -0.25) is 4.79 Å². The fourth-order valence-electron chi connectivity index (χ4n) is 3.01. The summed E-state index contributed by atoms with van der Waals surface area (Å²) in [6.45, 7) is 2.40. The van der Waals surface area contributed by atoms with Crippen molar-refractivity contribution >= 4 is 17.1 Å². The van der Waals surface area contributed by atoms with Crippen molar-refractivity contribution < 1.29 is 9.53 Å². The number of nitrogens with one attached hydrogen (secondary N) is 1. The van der Waals surface area contributed by atoms with Crippen LogP contribution in [0.25, 0.3) is 22.6 Å². The van der Waals surface area contributed by atoms with E-state index in [9.17, 15) is 4.79 Å². The summed E-state index contributed by atoms with van der Waals surface area (Å²) in [5.41, 5.74) is 9.63. The number of para-hydroxylation sites is 1. The molecular formula is C20H19N5O2. The van der Waals surface area contributed by atoms with E-state index >= 15 is 0 Å². The van der Waals surface area contributed by atoms with E-state index in [0.29, 0.717) is 18.1 Å². The lowest BCUT2D eigenvalue weighted by Crippen LogP contribution is -2.20. The van der Waals surface area contributed by atoms with Gasteiger partial charge in [-0.25, -0.2) is 9.67 Å². The van der Waals surface area contributed by atoms with Crippen LogP contribution >= 0.6 is 0 Å². The zero-order valence-corrected chi connectivity index (χ0v) is 14.8. The number of carbonyl (C=O) groups is 1. The fraction of sp³-hybridized carbons (Fsp3) is 0.150. The average Bonchev–Trinajstić information content (AvgIpc) is 3.23. The predicted molar refractivity (Wildman–Crippen MR) is 102 cm³/mol. The molecule has 2 heterocycles. The van der Waals surface area contributed by atoms with Gasteiger partial charge in [0.2, 0.25) is 0 Å². The second kappa shape index (κ2) is 6.95. The van der Waals surface area contributed by atoms with Crippen LogP contribution < -0.4 is 10.5 Å². The van der Waals surface area contributed by atoms with Crippen LogP contribution in [-0.4, -0.2) is 32.3 Å². The Morgan fingerprint density at radius 1 is 1.15 bits per heavy atom. The van der Waals surface area contributed by atoms with Crippen molar-refractivity contribution in [1.29, 1.82) is 0 Å². The van der Waals surface area contributed by atoms with E-state index in [1.54, 1.807) is 6.07 Å². The second-order valence-corrected chi connectivity index (χ2v) is 6.26. The second-order valence-electron chi connectivity index (χ2n) is 6.26. The van der Waals surface area contributed by atoms with E-state index in [4.69, 9.17) is 15.5 Å². The smallest absolute Gasteiger partial charge is 0.255 e. The Morgan fingerprint density at radius 2 is 1.89 bits per heavy atom. The number of rotatable bonds is 6. The minimum Gasteiger partial charge on any atom is -0.483 e. The van der Waals surface area contributed by atoms with Crippen LogP contribution in [0.5, 0.6) is 5.75 Å². The summed E-state index contributed by atoms with van der Waals surface area (Å²) in [4.78, 5) is 19.1. The number of aromatic nitrogens is 4. The minimum atomic E-state index is -0.524. The Hall–Kier alpha value is -3.61. The molecule has 0 aliphatic heterocycles. The van der Waals surface area contributed by atoms with Crippen molar-refractivity contribution in [1.82, 2.24) is 19.7 Å². The van der Waals surface area contributed by atoms with Gasteiger partial charge >= 0.3 is 0 Å². The third-order valence-corrected chi connectivity index (χ3v) is 4.25. The number of nitrogens with two attached hydrogens (primary N) is 1. The number of amides is 1. The molecule has 0 spiro atoms. The summed E-state index contributed by atoms with van der Waals surface area (Å²) in [5, 5.41) is 4.59. The molecule has 136 valence electrons. The van der Waals surface area contributed by atoms with Gasteiger partial charge in [0, 0.05) is 0 Å². The van der Waals surface area contributed by atoms with Gasteiger partial charge in [0.15, 0.2) is 12.3 Å². The highest BCUT2D eigenvalue weighted by Gasteiger charge is 2.17. The SMILES string of the molecule is Cc1nn(Cc2ccccc2)c2nc(-c3ccccc3OCC(N)=O)[nH]c12. The zero-order chi connectivity index (χ0) is 18.8. The van der Waals surface area contributed by atoms with E-state index in [1.807, 2.05) is 48.0 Å². The first-order chi connectivity index (χ1) is 13.1. The average molecular weight is 361 g/mol. The number of nitrogens with zero attached hydrogens (tertiary/aromatic N) is 3. The van der Waals surface area contributed by atoms with Crippen molar-refractivity contribution in [2.75, 3.05) is 6.61 Å². The van der Waals surface area contributed by atoms with E-state index in [0.717, 1.165) is 28.0 Å². The highest BCUT2D eigenvalue weighted by Crippen LogP contribution is 2.30. The van der Waals surface area contributed by atoms with Crippen LogP contribution in [0.2, 0.25) is 0 Å². The van der Waals surface area contributed by atoms with Crippen molar-refractivity contribution in [3.8, 4) is 17.1 Å². The van der Waals surface area contributed by atoms with E-state index in [-0.39, 0.29) is 6.61 Å². The van der Waals surface area contributed by atoms with Gasteiger partial charge in [-0.2, -0.15) is 5.10 Å². The molecule has 0 saturated carbocycles. The molecule has 0 fully saturated rings. The van der Waals surface area contributed by atoms with E-state index in [1.165, 1.54) is 0 Å². The molecule has 2 aromatic carbocycles. The van der Waals surface area contributed by atoms with Crippen LogP contribution in [0.4, 0.5) is 0 Å². The Kier molecular flexibility index (Phi) is 4.33. The largest absolute Gasteiger partial charge is 0.483 e. The van der Waals surface area contributed by atoms with Gasteiger partial charge in [-0.15, -0.1) is 0 Å². The van der Waals surface area contributed by atoms with Crippen LogP contribution in [0.1, 0.15) is 11.3 Å². The lowest BCUT2D eigenvalue weighted by atomic mass is 10.2. The van der Waals surface area contributed by atoms with Crippen molar-refractivity contribution in [3.05, 3.63) is 65.9 Å². The maximum absolute atomic E-state index is 11.0. The number of benzene rings is 2. The van der Waals surface area contributed by atoms with Crippen LogP contribution in [0, 0.1) is 6.92 Å². The van der Waals surface area contributed by atoms with E-state index < -0.39 is 5.91 Å². The number of imidazole rings is 1. The maximum atomic E-state index is 11.0. The summed E-state index contributed by atoms with van der Waals surface area (Å²) in [5.74, 6) is 0.684. The van der Waals surface area contributed by atoms with Crippen molar-refractivity contribution in [2.45, 2.75) is 13.5 Å². The van der Waals surface area contributed by atoms with Gasteiger partial charge in [-0.05, 0) is 24.6 Å². The number of ether oxygens (including phenoxy) is 1. The summed E-state index contributed by atoms with van der Waals surface area (Å²) >= 11 is 0. The lowest BCUT2D eigenvalue weighted by Gasteiger charge is -2.08. The van der Waals surface area contributed by atoms with Gasteiger partial charge in [-0.1, -0.05) is 42.5 Å². The van der Waals surface area contributed by atoms with Crippen LogP contribution in [0.15, 0.2) is 54.6 Å². The molecule has 0 aliphatic rings. The molecule has 0 radical (unpaired) electrons. The molecule has 0 aliphatic carbocycles. The standard InChI is InChI=1S/C20H19N5O2/c1-13-18-20(25(24-13)11-14-7-3-2-4-8-14)23-19(22-18)15-9-5-6-10-16(15)27-12-17(21)26/h2-10H,11-12H2,1H3,(H2,21,26)(H,22,23). The maximum Gasteiger partial charge on any atom is 0.255 e. The summed E-state index contributed by atoms with van der Waals surface area (Å²) in [6.07, 6.45) is 0. The van der Waals surface area contributed by atoms with Crippen LogP contribution in [0.3, 0.4) is 0 Å². The number of H-pyrrole nitrogens is 1. The Morgan fingerprint density at radius 3 is 2.67 bits per heavy atom. The first kappa shape index (κ1) is 16.8. The topological polar surface area (TPSA) is 98.8 Å². The molecule has 3 N–H and O–H groups in total. The molecule has 0 bridgehead atoms. The summed E-state index contributed by atoms with van der Waals surface area (Å²) < 4.78 is 7.41. The minimum absolute atomic E-state index is 0.182. The number of fused-ring (bicyclic) bond motifs is 1. The highest BCUT2D eigenvalue weighted by atomic mass is 16.5. The molecule has 2 aromatic heterocycles. The monoisotopic (exact) mass is 361 g/mol. The quantitative estimate of drug-likeness (QED) is 0.551. The fourth-order valence-corrected chi connectivity index (χ4v) is 3.01. The molecule has 0 unspecified atom stereocenters. The first-order valence-electron chi connectivity index (χ1n) is 8.59. The van der Waals surface area contributed by atoms with Gasteiger partial charge < -0.3 is 15.5 Å². The molecule has 4 aromatic rings. The van der Waals surface area contributed by atoms with E-state index in [2.05, 4.69) is 22.2 Å². The molecule has 27 heavy (non-hydrogen) atoms. The number of aryl methyl sites for hydroxylation is 1. The molecule has 7 nitrogen and oxygen atoms in total. The molecule has 4 rings (SSSR count). The molecule has 0 saturated heterocycles. The number of aromatic amines is 1. The third-order valence-electron chi connectivity index (χ3n) is 4.25. The van der Waals surface area contributed by atoms with Gasteiger partial charge in [0.25, 0.3) is 5.91 Å². The van der Waals surface area contributed by atoms with Crippen molar-refractivity contribution in [3.63, 3.8) is 0 Å². The molecule has 0 atom stereocenters. The normalized spacial score (nSPS) is 11.0. The number of hydrogen-bond donors (Lipinski definition) is 2. The predicted octanol–water partition coefficient (Wildman–Crippen LogP) is 2.65. The molecular weight excluding hydrogens is 342 g/mol. The number of primary amides is 1. The molecule has 1 amide bonds. The number of carbonyl (C=O) groups excluding carboxylic acids is 1. The van der Waals surface area contributed by atoms with Gasteiger partial charge in [0.05, 0.1) is 17.8 Å². The molecule has 7 heteroatoms. The van der Waals surface area contributed by atoms with Crippen molar-refractivity contribution in [2.24, 2.45) is 5.73 Å². The Labute approximate surface area is 155 Å².